The zero-order chi connectivity index (χ0) is 45.9. The number of aryl methyl sites for hydroxylation is 4. The number of carbonyl (C=O) groups excluding carboxylic acids is 2. The van der Waals surface area contributed by atoms with Crippen LogP contribution >= 0.6 is 7.82 Å². The lowest BCUT2D eigenvalue weighted by atomic mass is 10.1. The van der Waals surface area contributed by atoms with Crippen molar-refractivity contribution in [3.63, 3.8) is 0 Å². The van der Waals surface area contributed by atoms with Gasteiger partial charge >= 0.3 is 19.8 Å². The molecule has 2 unspecified atom stereocenters. The molecule has 2 atom stereocenters. The van der Waals surface area contributed by atoms with E-state index in [4.69, 9.17) is 49.6 Å². The van der Waals surface area contributed by atoms with Crippen molar-refractivity contribution in [1.29, 1.82) is 0 Å². The quantitative estimate of drug-likeness (QED) is 0.103. The van der Waals surface area contributed by atoms with Gasteiger partial charge in [-0.1, -0.05) is 71.8 Å². The largest absolute Gasteiger partial charge is 0.479 e. The van der Waals surface area contributed by atoms with Gasteiger partial charge in [0.05, 0.1) is 35.6 Å². The third kappa shape index (κ3) is 14.5. The standard InChI is InChI=1S/2C19H21N3O.C4H6O6.H3O4P/c2*1-13-5-8-15(9-6-13)19-16(11-18(23)21(3)4)22-12-14(2)7-10-17(22)20-19;5-1(3(7)8)2(6)4(9)10;1-5(2,3)4/h2*5-10,12H,11H2,1-4H3;1-2,5-6H,(H,7,8)(H,9,10);(H3,1,2,3,4). The molecule has 0 aliphatic carbocycles. The number of hydrogen-bond donors (Lipinski definition) is 7. The average Bonchev–Trinajstić information content (AvgIpc) is 3.71. The Bertz CT molecular complexity index is 2350. The zero-order valence-corrected chi connectivity index (χ0v) is 35.8. The van der Waals surface area contributed by atoms with Crippen LogP contribution in [0.2, 0.25) is 0 Å². The van der Waals surface area contributed by atoms with Crippen LogP contribution in [0.25, 0.3) is 33.8 Å². The second-order valence-corrected chi connectivity index (χ2v) is 15.5. The first-order valence-electron chi connectivity index (χ1n) is 18.5. The average molecular weight is 863 g/mol. The van der Waals surface area contributed by atoms with Crippen LogP contribution in [0.3, 0.4) is 0 Å². The number of nitrogens with zero attached hydrogens (tertiary/aromatic N) is 6. The number of pyridine rings is 2. The van der Waals surface area contributed by atoms with Crippen LogP contribution in [0, 0.1) is 27.7 Å². The van der Waals surface area contributed by atoms with Crippen molar-refractivity contribution >= 4 is 42.9 Å². The van der Waals surface area contributed by atoms with E-state index in [0.717, 1.165) is 56.3 Å². The molecule has 7 N–H and O–H groups in total. The van der Waals surface area contributed by atoms with Gasteiger partial charge in [-0.25, -0.2) is 24.1 Å². The van der Waals surface area contributed by atoms with Gasteiger partial charge in [0, 0.05) is 51.7 Å². The van der Waals surface area contributed by atoms with Crippen molar-refractivity contribution in [3.8, 4) is 22.5 Å². The summed E-state index contributed by atoms with van der Waals surface area (Å²) in [6.45, 7) is 8.21. The van der Waals surface area contributed by atoms with Crippen molar-refractivity contribution in [2.75, 3.05) is 28.2 Å². The summed E-state index contributed by atoms with van der Waals surface area (Å²) in [6.07, 6.45) is 0.216. The van der Waals surface area contributed by atoms with Crippen LogP contribution < -0.4 is 0 Å². The molecule has 0 saturated carbocycles. The Morgan fingerprint density at radius 1 is 0.557 bits per heavy atom. The molecule has 0 saturated heterocycles. The van der Waals surface area contributed by atoms with E-state index in [0.29, 0.717) is 12.8 Å². The van der Waals surface area contributed by atoms with E-state index in [9.17, 15) is 19.2 Å². The van der Waals surface area contributed by atoms with Crippen LogP contribution in [0.1, 0.15) is 33.6 Å². The van der Waals surface area contributed by atoms with E-state index in [-0.39, 0.29) is 11.8 Å². The van der Waals surface area contributed by atoms with Crippen LogP contribution in [0.4, 0.5) is 0 Å². The second kappa shape index (κ2) is 21.3. The number of aliphatic hydroxyl groups is 2. The van der Waals surface area contributed by atoms with Crippen LogP contribution in [-0.2, 0) is 36.6 Å². The number of amides is 2. The summed E-state index contributed by atoms with van der Waals surface area (Å²) in [6, 6.07) is 24.6. The van der Waals surface area contributed by atoms with E-state index in [1.54, 1.807) is 38.0 Å². The smallest absolute Gasteiger partial charge is 0.466 e. The minimum atomic E-state index is -4.64. The summed E-state index contributed by atoms with van der Waals surface area (Å²) >= 11 is 0. The van der Waals surface area contributed by atoms with Crippen molar-refractivity contribution < 1.29 is 58.8 Å². The molecular formula is C42H51N6O12P. The number of phosphoric acid groups is 1. The molecule has 18 nitrogen and oxygen atoms in total. The molecule has 0 radical (unpaired) electrons. The molecule has 6 aromatic rings. The third-order valence-electron chi connectivity index (χ3n) is 8.82. The van der Waals surface area contributed by atoms with Gasteiger partial charge in [-0.2, -0.15) is 0 Å². The third-order valence-corrected chi connectivity index (χ3v) is 8.82. The highest BCUT2D eigenvalue weighted by Crippen LogP contribution is 2.28. The fourth-order valence-electron chi connectivity index (χ4n) is 5.49. The van der Waals surface area contributed by atoms with E-state index < -0.39 is 32.0 Å². The molecule has 0 fully saturated rings. The Morgan fingerprint density at radius 3 is 1.10 bits per heavy atom. The molecule has 0 aliphatic rings. The van der Waals surface area contributed by atoms with Crippen LogP contribution in [-0.4, -0.2) is 128 Å². The number of likely N-dealkylation sites (N-methyl/N-ethyl adjacent to an activating group) is 2. The minimum Gasteiger partial charge on any atom is -0.479 e. The Morgan fingerprint density at radius 2 is 0.836 bits per heavy atom. The second-order valence-electron chi connectivity index (χ2n) is 14.4. The molecule has 19 heteroatoms. The predicted molar refractivity (Wildman–Crippen MR) is 227 cm³/mol. The molecule has 2 aromatic carbocycles. The number of benzene rings is 2. The maximum Gasteiger partial charge on any atom is 0.466 e. The molecule has 2 amide bonds. The Labute approximate surface area is 351 Å². The summed E-state index contributed by atoms with van der Waals surface area (Å²) in [5.74, 6) is -3.40. The fraction of sp³-hybridized carbons (Fsp3) is 0.286. The zero-order valence-electron chi connectivity index (χ0n) is 35.0. The summed E-state index contributed by atoms with van der Waals surface area (Å²) in [5.41, 5.74) is 12.2. The van der Waals surface area contributed by atoms with Gasteiger partial charge in [-0.05, 0) is 51.0 Å². The highest BCUT2D eigenvalue weighted by molar-refractivity contribution is 7.45. The van der Waals surface area contributed by atoms with Gasteiger partial charge in [0.25, 0.3) is 0 Å². The summed E-state index contributed by atoms with van der Waals surface area (Å²) in [4.78, 5) is 78.4. The number of hydrogen-bond acceptors (Lipinski definition) is 9. The maximum absolute atomic E-state index is 12.3. The number of carbonyl (C=O) groups is 4. The van der Waals surface area contributed by atoms with E-state index in [1.165, 1.54) is 11.1 Å². The lowest BCUT2D eigenvalue weighted by Crippen LogP contribution is -2.39. The Kier molecular flexibility index (Phi) is 17.2. The summed E-state index contributed by atoms with van der Waals surface area (Å²) in [5, 5.41) is 32.5. The number of fused-ring (bicyclic) bond motifs is 2. The Hall–Kier alpha value is -6.27. The molecule has 6 rings (SSSR count). The molecule has 0 bridgehead atoms. The maximum atomic E-state index is 12.3. The number of aliphatic hydroxyl groups excluding tert-OH is 2. The summed E-state index contributed by atoms with van der Waals surface area (Å²) in [7, 11) is 2.48. The molecule has 0 aliphatic heterocycles. The van der Waals surface area contributed by atoms with Gasteiger partial charge in [0.2, 0.25) is 11.8 Å². The fourth-order valence-corrected chi connectivity index (χ4v) is 5.49. The molecule has 4 heterocycles. The topological polar surface area (TPSA) is 268 Å². The van der Waals surface area contributed by atoms with Crippen LogP contribution in [0.5, 0.6) is 0 Å². The normalized spacial score (nSPS) is 11.8. The SMILES string of the molecule is Cc1ccc(-c2nc3ccc(C)cn3c2CC(=O)N(C)C)cc1.Cc1ccc(-c2nc3ccc(C)cn3c2CC(=O)N(C)C)cc1.O=C(O)C(O)C(O)C(=O)O.O=P(O)(O)O. The highest BCUT2D eigenvalue weighted by Gasteiger charge is 2.29. The molecule has 326 valence electrons. The Balaban J connectivity index is 0.000000246. The van der Waals surface area contributed by atoms with Crippen molar-refractivity contribution in [2.24, 2.45) is 0 Å². The van der Waals surface area contributed by atoms with E-state index >= 15 is 0 Å². The first-order chi connectivity index (χ1) is 28.4. The van der Waals surface area contributed by atoms with Crippen LogP contribution in [0.15, 0.2) is 85.2 Å². The lowest BCUT2D eigenvalue weighted by Gasteiger charge is -2.11. The van der Waals surface area contributed by atoms with Gasteiger partial charge < -0.3 is 53.7 Å². The first kappa shape index (κ1) is 49.1. The van der Waals surface area contributed by atoms with Gasteiger partial charge in [0.15, 0.2) is 12.2 Å². The number of imidazole rings is 2. The highest BCUT2D eigenvalue weighted by atomic mass is 31.2. The number of aromatic nitrogens is 4. The predicted octanol–water partition coefficient (Wildman–Crippen LogP) is 3.45. The van der Waals surface area contributed by atoms with Crippen molar-refractivity contribution in [1.82, 2.24) is 28.6 Å². The van der Waals surface area contributed by atoms with E-state index in [1.807, 2.05) is 59.3 Å². The number of carboxylic acids is 2. The monoisotopic (exact) mass is 862 g/mol. The lowest BCUT2D eigenvalue weighted by molar-refractivity contribution is -0.165. The van der Waals surface area contributed by atoms with Gasteiger partial charge in [-0.3, -0.25) is 9.59 Å². The molecule has 61 heavy (non-hydrogen) atoms. The van der Waals surface area contributed by atoms with Gasteiger partial charge in [0.1, 0.15) is 11.3 Å². The summed E-state index contributed by atoms with van der Waals surface area (Å²) < 4.78 is 12.9. The van der Waals surface area contributed by atoms with Gasteiger partial charge in [-0.15, -0.1) is 0 Å². The molecular weight excluding hydrogens is 811 g/mol. The number of carboxylic acid groups (broad SMARTS) is 2. The number of rotatable bonds is 9. The molecule has 4 aromatic heterocycles. The van der Waals surface area contributed by atoms with Crippen molar-refractivity contribution in [3.05, 3.63) is 119 Å². The molecule has 0 spiro atoms. The van der Waals surface area contributed by atoms with Crippen molar-refractivity contribution in [2.45, 2.75) is 52.7 Å². The minimum absolute atomic E-state index is 0.0710. The van der Waals surface area contributed by atoms with E-state index in [2.05, 4.69) is 62.4 Å². The first-order valence-corrected chi connectivity index (χ1v) is 20.0. The number of aliphatic carboxylic acids is 2.